The minimum absolute atomic E-state index is 0.117. The standard InChI is InChI=1S/C16H33NO3/c1-15(2,3)17-10-13-19-12-9-14(18)8-7-11-20-16(4,5)6/h17H,7-13H2,1-6H3. The summed E-state index contributed by atoms with van der Waals surface area (Å²) in [6, 6.07) is 0. The number of hydrogen-bond acceptors (Lipinski definition) is 4. The molecule has 0 amide bonds. The normalized spacial score (nSPS) is 12.7. The fourth-order valence-electron chi connectivity index (χ4n) is 1.56. The maximum Gasteiger partial charge on any atom is 0.135 e. The van der Waals surface area contributed by atoms with Crippen molar-refractivity contribution in [2.24, 2.45) is 0 Å². The Morgan fingerprint density at radius 1 is 0.950 bits per heavy atom. The molecule has 4 heteroatoms. The van der Waals surface area contributed by atoms with Gasteiger partial charge in [-0.1, -0.05) is 0 Å². The molecule has 0 spiro atoms. The minimum Gasteiger partial charge on any atom is -0.380 e. The van der Waals surface area contributed by atoms with Gasteiger partial charge < -0.3 is 14.8 Å². The van der Waals surface area contributed by atoms with Crippen LogP contribution in [-0.4, -0.2) is 43.3 Å². The van der Waals surface area contributed by atoms with Gasteiger partial charge in [0.25, 0.3) is 0 Å². The topological polar surface area (TPSA) is 47.6 Å². The second kappa shape index (κ2) is 9.48. The molecule has 0 aromatic carbocycles. The van der Waals surface area contributed by atoms with Gasteiger partial charge in [-0.25, -0.2) is 0 Å². The lowest BCUT2D eigenvalue weighted by molar-refractivity contribution is -0.120. The summed E-state index contributed by atoms with van der Waals surface area (Å²) in [4.78, 5) is 11.6. The van der Waals surface area contributed by atoms with Gasteiger partial charge in [0.1, 0.15) is 5.78 Å². The van der Waals surface area contributed by atoms with Crippen molar-refractivity contribution in [1.82, 2.24) is 5.32 Å². The first kappa shape index (κ1) is 19.6. The lowest BCUT2D eigenvalue weighted by Crippen LogP contribution is -2.38. The molecule has 20 heavy (non-hydrogen) atoms. The van der Waals surface area contributed by atoms with E-state index in [1.807, 2.05) is 20.8 Å². The highest BCUT2D eigenvalue weighted by Crippen LogP contribution is 2.08. The molecule has 0 unspecified atom stereocenters. The largest absolute Gasteiger partial charge is 0.380 e. The average molecular weight is 287 g/mol. The Hall–Kier alpha value is -0.450. The number of hydrogen-bond donors (Lipinski definition) is 1. The van der Waals surface area contributed by atoms with Crippen molar-refractivity contribution in [3.63, 3.8) is 0 Å². The predicted molar refractivity (Wildman–Crippen MR) is 83.1 cm³/mol. The zero-order valence-corrected chi connectivity index (χ0v) is 14.2. The van der Waals surface area contributed by atoms with Gasteiger partial charge >= 0.3 is 0 Å². The smallest absolute Gasteiger partial charge is 0.135 e. The van der Waals surface area contributed by atoms with Crippen molar-refractivity contribution in [1.29, 1.82) is 0 Å². The summed E-state index contributed by atoms with van der Waals surface area (Å²) in [5, 5.41) is 3.34. The van der Waals surface area contributed by atoms with Crippen LogP contribution in [0.1, 0.15) is 60.8 Å². The number of ketones is 1. The minimum atomic E-state index is -0.119. The van der Waals surface area contributed by atoms with Crippen molar-refractivity contribution in [3.8, 4) is 0 Å². The summed E-state index contributed by atoms with van der Waals surface area (Å²) >= 11 is 0. The molecule has 0 heterocycles. The molecular weight excluding hydrogens is 254 g/mol. The van der Waals surface area contributed by atoms with E-state index in [9.17, 15) is 4.79 Å². The molecule has 0 aliphatic carbocycles. The Balaban J connectivity index is 3.37. The lowest BCUT2D eigenvalue weighted by Gasteiger charge is -2.20. The van der Waals surface area contributed by atoms with Gasteiger partial charge in [-0.05, 0) is 48.0 Å². The highest BCUT2D eigenvalue weighted by molar-refractivity contribution is 5.78. The van der Waals surface area contributed by atoms with E-state index in [1.165, 1.54) is 0 Å². The van der Waals surface area contributed by atoms with Crippen LogP contribution in [0.5, 0.6) is 0 Å². The zero-order valence-electron chi connectivity index (χ0n) is 14.2. The van der Waals surface area contributed by atoms with Crippen molar-refractivity contribution in [2.75, 3.05) is 26.4 Å². The maximum absolute atomic E-state index is 11.6. The molecule has 0 rings (SSSR count). The first-order valence-corrected chi connectivity index (χ1v) is 7.58. The van der Waals surface area contributed by atoms with Crippen molar-refractivity contribution in [3.05, 3.63) is 0 Å². The maximum atomic E-state index is 11.6. The molecule has 0 saturated heterocycles. The van der Waals surface area contributed by atoms with E-state index >= 15 is 0 Å². The van der Waals surface area contributed by atoms with Gasteiger partial charge in [-0.15, -0.1) is 0 Å². The number of carbonyl (C=O) groups is 1. The number of nitrogens with one attached hydrogen (secondary N) is 1. The van der Waals surface area contributed by atoms with E-state index < -0.39 is 0 Å². The van der Waals surface area contributed by atoms with Gasteiger partial charge in [-0.2, -0.15) is 0 Å². The fraction of sp³-hybridized carbons (Fsp3) is 0.938. The van der Waals surface area contributed by atoms with Gasteiger partial charge in [0.2, 0.25) is 0 Å². The van der Waals surface area contributed by atoms with Gasteiger partial charge in [-0.3, -0.25) is 4.79 Å². The van der Waals surface area contributed by atoms with Crippen LogP contribution in [-0.2, 0) is 14.3 Å². The molecule has 0 atom stereocenters. The molecule has 0 aliphatic heterocycles. The van der Waals surface area contributed by atoms with E-state index in [-0.39, 0.29) is 16.9 Å². The van der Waals surface area contributed by atoms with Crippen LogP contribution in [0.2, 0.25) is 0 Å². The van der Waals surface area contributed by atoms with Gasteiger partial charge in [0.15, 0.2) is 0 Å². The molecule has 0 fully saturated rings. The molecule has 0 radical (unpaired) electrons. The first-order valence-electron chi connectivity index (χ1n) is 7.58. The Kier molecular flexibility index (Phi) is 9.27. The van der Waals surface area contributed by atoms with Crippen LogP contribution >= 0.6 is 0 Å². The Morgan fingerprint density at radius 2 is 1.60 bits per heavy atom. The monoisotopic (exact) mass is 287 g/mol. The Morgan fingerprint density at radius 3 is 2.15 bits per heavy atom. The van der Waals surface area contributed by atoms with Crippen LogP contribution in [0.3, 0.4) is 0 Å². The predicted octanol–water partition coefficient (Wildman–Crippen LogP) is 2.95. The van der Waals surface area contributed by atoms with E-state index in [4.69, 9.17) is 9.47 Å². The second-order valence-corrected chi connectivity index (χ2v) is 7.14. The van der Waals surface area contributed by atoms with E-state index in [0.29, 0.717) is 32.7 Å². The lowest BCUT2D eigenvalue weighted by atomic mass is 10.1. The van der Waals surface area contributed by atoms with Crippen LogP contribution in [0.25, 0.3) is 0 Å². The highest BCUT2D eigenvalue weighted by atomic mass is 16.5. The van der Waals surface area contributed by atoms with Gasteiger partial charge in [0, 0.05) is 31.5 Å². The van der Waals surface area contributed by atoms with Crippen molar-refractivity contribution in [2.45, 2.75) is 71.9 Å². The highest BCUT2D eigenvalue weighted by Gasteiger charge is 2.10. The van der Waals surface area contributed by atoms with Crippen LogP contribution in [0.15, 0.2) is 0 Å². The molecule has 0 saturated carbocycles. The molecule has 0 aromatic rings. The quantitative estimate of drug-likeness (QED) is 0.628. The fourth-order valence-corrected chi connectivity index (χ4v) is 1.56. The molecule has 0 aliphatic rings. The molecule has 0 aromatic heterocycles. The summed E-state index contributed by atoms with van der Waals surface area (Å²) in [5.41, 5.74) is -0.00154. The third-order valence-electron chi connectivity index (χ3n) is 2.56. The summed E-state index contributed by atoms with van der Waals surface area (Å²) in [7, 11) is 0. The van der Waals surface area contributed by atoms with Crippen LogP contribution in [0, 0.1) is 0 Å². The summed E-state index contributed by atoms with van der Waals surface area (Å²) < 4.78 is 11.0. The molecule has 4 nitrogen and oxygen atoms in total. The molecule has 1 N–H and O–H groups in total. The average Bonchev–Trinajstić information content (AvgIpc) is 2.26. The number of Topliss-reactive ketones (excluding diaryl/α,β-unsaturated/α-hetero) is 1. The first-order chi connectivity index (χ1) is 9.10. The van der Waals surface area contributed by atoms with E-state index in [2.05, 4.69) is 26.1 Å². The summed E-state index contributed by atoms with van der Waals surface area (Å²) in [6.07, 6.45) is 1.88. The number of carbonyl (C=O) groups excluding carboxylic acids is 1. The Bertz CT molecular complexity index is 264. The van der Waals surface area contributed by atoms with Crippen LogP contribution < -0.4 is 5.32 Å². The summed E-state index contributed by atoms with van der Waals surface area (Å²) in [6.45, 7) is 15.1. The number of ether oxygens (including phenoxy) is 2. The number of rotatable bonds is 10. The SMILES string of the molecule is CC(C)(C)NCCOCCC(=O)CCCOC(C)(C)C. The molecular formula is C16H33NO3. The van der Waals surface area contributed by atoms with Crippen LogP contribution in [0.4, 0.5) is 0 Å². The van der Waals surface area contributed by atoms with Crippen molar-refractivity contribution >= 4 is 5.78 Å². The third-order valence-corrected chi connectivity index (χ3v) is 2.56. The van der Waals surface area contributed by atoms with Gasteiger partial charge in [0.05, 0.1) is 18.8 Å². The Labute approximate surface area is 124 Å². The molecule has 0 bridgehead atoms. The third kappa shape index (κ3) is 15.6. The van der Waals surface area contributed by atoms with E-state index in [1.54, 1.807) is 0 Å². The van der Waals surface area contributed by atoms with E-state index in [0.717, 1.165) is 13.0 Å². The zero-order chi connectivity index (χ0) is 15.6. The van der Waals surface area contributed by atoms with Crippen molar-refractivity contribution < 1.29 is 14.3 Å². The second-order valence-electron chi connectivity index (χ2n) is 7.14. The summed E-state index contributed by atoms with van der Waals surface area (Å²) in [5.74, 6) is 0.256. The molecule has 120 valence electrons.